The van der Waals surface area contributed by atoms with Crippen molar-refractivity contribution < 1.29 is 18.7 Å². The van der Waals surface area contributed by atoms with Crippen molar-refractivity contribution in [1.29, 1.82) is 0 Å². The third-order valence-corrected chi connectivity index (χ3v) is 5.18. The zero-order valence-electron chi connectivity index (χ0n) is 16.4. The van der Waals surface area contributed by atoms with Crippen molar-refractivity contribution >= 4 is 38.5 Å². The van der Waals surface area contributed by atoms with Crippen LogP contribution in [0.15, 0.2) is 42.5 Å². The second kappa shape index (κ2) is 9.00. The number of benzene rings is 2. The molecule has 0 saturated carbocycles. The molecule has 0 bridgehead atoms. The van der Waals surface area contributed by atoms with E-state index >= 15 is 0 Å². The Kier molecular flexibility index (Phi) is 6.43. The number of amides is 2. The van der Waals surface area contributed by atoms with E-state index < -0.39 is 6.04 Å². The summed E-state index contributed by atoms with van der Waals surface area (Å²) in [6, 6.07) is 10.2. The van der Waals surface area contributed by atoms with E-state index in [1.807, 2.05) is 20.8 Å². The van der Waals surface area contributed by atoms with E-state index in [1.165, 1.54) is 23.5 Å². The van der Waals surface area contributed by atoms with E-state index in [0.717, 1.165) is 0 Å². The smallest absolute Gasteiger partial charge is 0.251 e. The zero-order chi connectivity index (χ0) is 21.0. The van der Waals surface area contributed by atoms with Crippen molar-refractivity contribution in [2.75, 3.05) is 11.9 Å². The van der Waals surface area contributed by atoms with Gasteiger partial charge in [0.1, 0.15) is 17.6 Å². The molecule has 152 valence electrons. The SMILES string of the molecule is CCOc1ccc(C(=O)N[C@H](C(=O)Nc2nc3ccc(F)cc3s2)C(C)C)cc1. The van der Waals surface area contributed by atoms with Gasteiger partial charge in [0, 0.05) is 5.56 Å². The van der Waals surface area contributed by atoms with E-state index in [-0.39, 0.29) is 23.5 Å². The molecule has 0 radical (unpaired) electrons. The highest BCUT2D eigenvalue weighted by Crippen LogP contribution is 2.26. The van der Waals surface area contributed by atoms with Gasteiger partial charge in [-0.05, 0) is 55.3 Å². The van der Waals surface area contributed by atoms with Crippen LogP contribution < -0.4 is 15.4 Å². The Hall–Kier alpha value is -3.00. The highest BCUT2D eigenvalue weighted by molar-refractivity contribution is 7.22. The first-order valence-electron chi connectivity index (χ1n) is 9.28. The number of rotatable bonds is 7. The molecule has 0 saturated heterocycles. The van der Waals surface area contributed by atoms with Gasteiger partial charge in [-0.25, -0.2) is 9.37 Å². The molecule has 1 atom stereocenters. The molecule has 0 aliphatic heterocycles. The predicted molar refractivity (Wildman–Crippen MR) is 112 cm³/mol. The van der Waals surface area contributed by atoms with Gasteiger partial charge in [0.05, 0.1) is 16.8 Å². The quantitative estimate of drug-likeness (QED) is 0.605. The second-order valence-electron chi connectivity index (χ2n) is 6.77. The monoisotopic (exact) mass is 415 g/mol. The molecule has 1 aromatic heterocycles. The van der Waals surface area contributed by atoms with Gasteiger partial charge in [0.25, 0.3) is 5.91 Å². The van der Waals surface area contributed by atoms with Crippen LogP contribution in [0.3, 0.4) is 0 Å². The summed E-state index contributed by atoms with van der Waals surface area (Å²) in [5.41, 5.74) is 1.04. The minimum atomic E-state index is -0.752. The molecule has 29 heavy (non-hydrogen) atoms. The van der Waals surface area contributed by atoms with Crippen LogP contribution in [0.25, 0.3) is 10.2 Å². The number of aromatic nitrogens is 1. The second-order valence-corrected chi connectivity index (χ2v) is 7.80. The standard InChI is InChI=1S/C21H22FN3O3S/c1-4-28-15-8-5-13(6-9-15)19(26)24-18(12(2)3)20(27)25-21-23-16-10-7-14(22)11-17(16)29-21/h5-12,18H,4H2,1-3H3,(H,24,26)(H,23,25,27)/t18-/m0/s1. The first-order valence-corrected chi connectivity index (χ1v) is 10.1. The topological polar surface area (TPSA) is 80.3 Å². The molecule has 3 aromatic rings. The predicted octanol–water partition coefficient (Wildman–Crippen LogP) is 4.23. The summed E-state index contributed by atoms with van der Waals surface area (Å²) < 4.78 is 19.4. The number of nitrogens with one attached hydrogen (secondary N) is 2. The normalized spacial score (nSPS) is 12.0. The number of hydrogen-bond donors (Lipinski definition) is 2. The fraction of sp³-hybridized carbons (Fsp3) is 0.286. The van der Waals surface area contributed by atoms with Crippen LogP contribution in [-0.2, 0) is 4.79 Å². The van der Waals surface area contributed by atoms with Gasteiger partial charge in [0.15, 0.2) is 5.13 Å². The maximum Gasteiger partial charge on any atom is 0.251 e. The third-order valence-electron chi connectivity index (χ3n) is 4.24. The number of nitrogens with zero attached hydrogens (tertiary/aromatic N) is 1. The number of thiazole rings is 1. The average Bonchev–Trinajstić information content (AvgIpc) is 3.07. The molecule has 0 fully saturated rings. The van der Waals surface area contributed by atoms with Crippen LogP contribution in [0.1, 0.15) is 31.1 Å². The number of anilines is 1. The number of carbonyl (C=O) groups excluding carboxylic acids is 2. The number of hydrogen-bond acceptors (Lipinski definition) is 5. The van der Waals surface area contributed by atoms with Crippen molar-refractivity contribution in [3.05, 3.63) is 53.8 Å². The van der Waals surface area contributed by atoms with Crippen molar-refractivity contribution in [3.63, 3.8) is 0 Å². The number of fused-ring (bicyclic) bond motifs is 1. The number of carbonyl (C=O) groups is 2. The van der Waals surface area contributed by atoms with E-state index in [4.69, 9.17) is 4.74 Å². The minimum Gasteiger partial charge on any atom is -0.494 e. The van der Waals surface area contributed by atoms with Gasteiger partial charge >= 0.3 is 0 Å². The highest BCUT2D eigenvalue weighted by Gasteiger charge is 2.25. The molecule has 6 nitrogen and oxygen atoms in total. The highest BCUT2D eigenvalue weighted by atomic mass is 32.1. The molecular formula is C21H22FN3O3S. The van der Waals surface area contributed by atoms with Gasteiger partial charge in [-0.3, -0.25) is 9.59 Å². The van der Waals surface area contributed by atoms with Crippen molar-refractivity contribution in [3.8, 4) is 5.75 Å². The Balaban J connectivity index is 1.70. The molecule has 0 aliphatic rings. The summed E-state index contributed by atoms with van der Waals surface area (Å²) in [4.78, 5) is 29.6. The lowest BCUT2D eigenvalue weighted by atomic mass is 10.0. The molecule has 2 N–H and O–H groups in total. The lowest BCUT2D eigenvalue weighted by Gasteiger charge is -2.21. The van der Waals surface area contributed by atoms with Crippen LogP contribution in [-0.4, -0.2) is 29.4 Å². The average molecular weight is 415 g/mol. The molecular weight excluding hydrogens is 393 g/mol. The van der Waals surface area contributed by atoms with Gasteiger partial charge in [-0.1, -0.05) is 25.2 Å². The van der Waals surface area contributed by atoms with Crippen molar-refractivity contribution in [2.24, 2.45) is 5.92 Å². The number of halogens is 1. The maximum absolute atomic E-state index is 13.4. The lowest BCUT2D eigenvalue weighted by molar-refractivity contribution is -0.118. The van der Waals surface area contributed by atoms with Crippen LogP contribution >= 0.6 is 11.3 Å². The largest absolute Gasteiger partial charge is 0.494 e. The molecule has 3 rings (SSSR count). The summed E-state index contributed by atoms with van der Waals surface area (Å²) in [7, 11) is 0. The fourth-order valence-corrected chi connectivity index (χ4v) is 3.66. The Bertz CT molecular complexity index is 1020. The summed E-state index contributed by atoms with van der Waals surface area (Å²) in [6.07, 6.45) is 0. The maximum atomic E-state index is 13.4. The third kappa shape index (κ3) is 5.08. The van der Waals surface area contributed by atoms with Crippen molar-refractivity contribution in [2.45, 2.75) is 26.8 Å². The summed E-state index contributed by atoms with van der Waals surface area (Å²) in [5, 5.41) is 5.86. The van der Waals surface area contributed by atoms with E-state index in [1.54, 1.807) is 30.3 Å². The lowest BCUT2D eigenvalue weighted by Crippen LogP contribution is -2.47. The Morgan fingerprint density at radius 2 is 1.90 bits per heavy atom. The molecule has 0 spiro atoms. The first kappa shape index (κ1) is 20.7. The molecule has 0 aliphatic carbocycles. The zero-order valence-corrected chi connectivity index (χ0v) is 17.2. The van der Waals surface area contributed by atoms with Crippen LogP contribution in [0.2, 0.25) is 0 Å². The van der Waals surface area contributed by atoms with Gasteiger partial charge in [-0.15, -0.1) is 0 Å². The van der Waals surface area contributed by atoms with E-state index in [9.17, 15) is 14.0 Å². The molecule has 8 heteroatoms. The van der Waals surface area contributed by atoms with Crippen LogP contribution in [0, 0.1) is 11.7 Å². The van der Waals surface area contributed by atoms with Crippen LogP contribution in [0.5, 0.6) is 5.75 Å². The summed E-state index contributed by atoms with van der Waals surface area (Å²) >= 11 is 1.18. The molecule has 0 unspecified atom stereocenters. The Labute approximate surface area is 172 Å². The van der Waals surface area contributed by atoms with Crippen LogP contribution in [0.4, 0.5) is 9.52 Å². The van der Waals surface area contributed by atoms with E-state index in [0.29, 0.717) is 33.3 Å². The Morgan fingerprint density at radius 1 is 1.17 bits per heavy atom. The summed E-state index contributed by atoms with van der Waals surface area (Å²) in [6.45, 7) is 6.11. The minimum absolute atomic E-state index is 0.145. The molecule has 2 amide bonds. The van der Waals surface area contributed by atoms with Gasteiger partial charge in [0.2, 0.25) is 5.91 Å². The summed E-state index contributed by atoms with van der Waals surface area (Å²) in [5.74, 6) is -0.559. The van der Waals surface area contributed by atoms with Gasteiger partial charge in [-0.2, -0.15) is 0 Å². The molecule has 1 heterocycles. The van der Waals surface area contributed by atoms with E-state index in [2.05, 4.69) is 15.6 Å². The van der Waals surface area contributed by atoms with Gasteiger partial charge < -0.3 is 15.4 Å². The molecule has 2 aromatic carbocycles. The number of ether oxygens (including phenoxy) is 1. The first-order chi connectivity index (χ1) is 13.9. The van der Waals surface area contributed by atoms with Crippen molar-refractivity contribution in [1.82, 2.24) is 10.3 Å². The fourth-order valence-electron chi connectivity index (χ4n) is 2.76. The Morgan fingerprint density at radius 3 is 2.55 bits per heavy atom.